The molecule has 0 spiro atoms. The molecular formula is C23H29N3O2. The molecule has 1 heterocycles. The molecule has 3 rings (SSSR count). The standard InChI is InChI=1S/C23H29N3O2/c1-16-6-5-7-20(14-16)25-8-10-26(11-9-25)22(28)15-21(27)24-23-18(3)12-17(2)13-19(23)4/h5-7,12-14H,8-11,15H2,1-4H3,(H,24,27). The normalized spacial score (nSPS) is 14.1. The molecule has 0 saturated carbocycles. The monoisotopic (exact) mass is 379 g/mol. The lowest BCUT2D eigenvalue weighted by Gasteiger charge is -2.36. The van der Waals surface area contributed by atoms with Gasteiger partial charge in [-0.2, -0.15) is 0 Å². The van der Waals surface area contributed by atoms with E-state index in [2.05, 4.69) is 41.4 Å². The van der Waals surface area contributed by atoms with Gasteiger partial charge in [-0.25, -0.2) is 0 Å². The van der Waals surface area contributed by atoms with Gasteiger partial charge in [-0.05, 0) is 56.5 Å². The summed E-state index contributed by atoms with van der Waals surface area (Å²) in [6, 6.07) is 12.5. The van der Waals surface area contributed by atoms with Gasteiger partial charge in [-0.1, -0.05) is 29.8 Å². The summed E-state index contributed by atoms with van der Waals surface area (Å²) in [6.07, 6.45) is -0.114. The van der Waals surface area contributed by atoms with Gasteiger partial charge in [-0.15, -0.1) is 0 Å². The van der Waals surface area contributed by atoms with E-state index in [1.54, 1.807) is 4.90 Å². The van der Waals surface area contributed by atoms with Gasteiger partial charge in [0.25, 0.3) is 0 Å². The number of anilines is 2. The van der Waals surface area contributed by atoms with Crippen LogP contribution in [0.1, 0.15) is 28.7 Å². The van der Waals surface area contributed by atoms with Gasteiger partial charge in [0.2, 0.25) is 11.8 Å². The van der Waals surface area contributed by atoms with E-state index in [4.69, 9.17) is 0 Å². The molecule has 1 saturated heterocycles. The van der Waals surface area contributed by atoms with Crippen LogP contribution >= 0.6 is 0 Å². The molecule has 28 heavy (non-hydrogen) atoms. The molecular weight excluding hydrogens is 350 g/mol. The van der Waals surface area contributed by atoms with E-state index >= 15 is 0 Å². The molecule has 5 nitrogen and oxygen atoms in total. The number of benzene rings is 2. The summed E-state index contributed by atoms with van der Waals surface area (Å²) >= 11 is 0. The predicted octanol–water partition coefficient (Wildman–Crippen LogP) is 3.60. The summed E-state index contributed by atoms with van der Waals surface area (Å²) in [5, 5.41) is 2.92. The lowest BCUT2D eigenvalue weighted by Crippen LogP contribution is -2.49. The number of nitrogens with zero attached hydrogens (tertiary/aromatic N) is 2. The van der Waals surface area contributed by atoms with Crippen molar-refractivity contribution in [2.45, 2.75) is 34.1 Å². The van der Waals surface area contributed by atoms with E-state index in [1.165, 1.54) is 11.3 Å². The average molecular weight is 380 g/mol. The van der Waals surface area contributed by atoms with Crippen LogP contribution in [-0.2, 0) is 9.59 Å². The summed E-state index contributed by atoms with van der Waals surface area (Å²) in [6.45, 7) is 10.9. The van der Waals surface area contributed by atoms with Gasteiger partial charge >= 0.3 is 0 Å². The predicted molar refractivity (Wildman–Crippen MR) is 114 cm³/mol. The Balaban J connectivity index is 1.54. The van der Waals surface area contributed by atoms with Crippen molar-refractivity contribution in [3.63, 3.8) is 0 Å². The number of hydrogen-bond acceptors (Lipinski definition) is 3. The first-order valence-corrected chi connectivity index (χ1v) is 9.80. The fraction of sp³-hybridized carbons (Fsp3) is 0.391. The molecule has 1 N–H and O–H groups in total. The van der Waals surface area contributed by atoms with Crippen molar-refractivity contribution < 1.29 is 9.59 Å². The number of aryl methyl sites for hydroxylation is 4. The van der Waals surface area contributed by atoms with E-state index in [0.29, 0.717) is 13.1 Å². The highest BCUT2D eigenvalue weighted by atomic mass is 16.2. The maximum Gasteiger partial charge on any atom is 0.233 e. The zero-order valence-corrected chi connectivity index (χ0v) is 17.2. The zero-order valence-electron chi connectivity index (χ0n) is 17.2. The van der Waals surface area contributed by atoms with E-state index in [9.17, 15) is 9.59 Å². The Labute approximate surface area is 167 Å². The second-order valence-corrected chi connectivity index (χ2v) is 7.71. The Morgan fingerprint density at radius 2 is 1.54 bits per heavy atom. The van der Waals surface area contributed by atoms with Crippen molar-refractivity contribution in [2.24, 2.45) is 0 Å². The van der Waals surface area contributed by atoms with Gasteiger partial charge < -0.3 is 15.1 Å². The van der Waals surface area contributed by atoms with E-state index in [0.717, 1.165) is 35.5 Å². The maximum atomic E-state index is 12.6. The number of nitrogens with one attached hydrogen (secondary N) is 1. The highest BCUT2D eigenvalue weighted by Crippen LogP contribution is 2.22. The van der Waals surface area contributed by atoms with Crippen molar-refractivity contribution >= 4 is 23.2 Å². The second-order valence-electron chi connectivity index (χ2n) is 7.71. The molecule has 1 fully saturated rings. The van der Waals surface area contributed by atoms with Gasteiger partial charge in [0.15, 0.2) is 0 Å². The van der Waals surface area contributed by atoms with Crippen molar-refractivity contribution in [1.82, 2.24) is 4.90 Å². The van der Waals surface area contributed by atoms with Crippen LogP contribution in [0.15, 0.2) is 36.4 Å². The van der Waals surface area contributed by atoms with E-state index < -0.39 is 0 Å². The number of carbonyl (C=O) groups is 2. The minimum absolute atomic E-state index is 0.108. The summed E-state index contributed by atoms with van der Waals surface area (Å²) in [5.41, 5.74) is 6.43. The lowest BCUT2D eigenvalue weighted by molar-refractivity contribution is -0.134. The van der Waals surface area contributed by atoms with Gasteiger partial charge in [0.05, 0.1) is 0 Å². The first kappa shape index (κ1) is 19.9. The molecule has 0 atom stereocenters. The fourth-order valence-corrected chi connectivity index (χ4v) is 3.85. The molecule has 1 aliphatic rings. The second kappa shape index (κ2) is 8.46. The molecule has 1 aliphatic heterocycles. The Morgan fingerprint density at radius 1 is 0.893 bits per heavy atom. The van der Waals surface area contributed by atoms with E-state index in [-0.39, 0.29) is 18.2 Å². The van der Waals surface area contributed by atoms with Crippen LogP contribution in [0.5, 0.6) is 0 Å². The van der Waals surface area contributed by atoms with Crippen molar-refractivity contribution in [2.75, 3.05) is 36.4 Å². The highest BCUT2D eigenvalue weighted by Gasteiger charge is 2.23. The van der Waals surface area contributed by atoms with Gasteiger partial charge in [-0.3, -0.25) is 9.59 Å². The molecule has 0 bridgehead atoms. The summed E-state index contributed by atoms with van der Waals surface area (Å²) in [4.78, 5) is 29.1. The average Bonchev–Trinajstić information content (AvgIpc) is 2.65. The molecule has 0 aliphatic carbocycles. The first-order chi connectivity index (χ1) is 13.3. The Bertz CT molecular complexity index is 860. The minimum atomic E-state index is -0.249. The quantitative estimate of drug-likeness (QED) is 0.826. The summed E-state index contributed by atoms with van der Waals surface area (Å²) in [7, 11) is 0. The molecule has 148 valence electrons. The zero-order chi connectivity index (χ0) is 20.3. The van der Waals surface area contributed by atoms with Crippen molar-refractivity contribution in [1.29, 1.82) is 0 Å². The van der Waals surface area contributed by atoms with Crippen LogP contribution in [-0.4, -0.2) is 42.9 Å². The molecule has 0 radical (unpaired) electrons. The van der Waals surface area contributed by atoms with Crippen molar-refractivity contribution in [3.05, 3.63) is 58.7 Å². The number of piperazine rings is 1. The van der Waals surface area contributed by atoms with Crippen LogP contribution < -0.4 is 10.2 Å². The number of amides is 2. The number of rotatable bonds is 4. The summed E-state index contributed by atoms with van der Waals surface area (Å²) < 4.78 is 0. The van der Waals surface area contributed by atoms with Crippen LogP contribution in [0.2, 0.25) is 0 Å². The van der Waals surface area contributed by atoms with Gasteiger partial charge in [0, 0.05) is 37.6 Å². The van der Waals surface area contributed by atoms with Crippen LogP contribution in [0.3, 0.4) is 0 Å². The number of hydrogen-bond donors (Lipinski definition) is 1. The third-order valence-electron chi connectivity index (χ3n) is 5.25. The number of carbonyl (C=O) groups excluding carboxylic acids is 2. The van der Waals surface area contributed by atoms with E-state index in [1.807, 2.05) is 32.9 Å². The Kier molecular flexibility index (Phi) is 6.02. The van der Waals surface area contributed by atoms with Crippen LogP contribution in [0.25, 0.3) is 0 Å². The third-order valence-corrected chi connectivity index (χ3v) is 5.25. The Morgan fingerprint density at radius 3 is 2.14 bits per heavy atom. The molecule has 2 aromatic carbocycles. The topological polar surface area (TPSA) is 52.7 Å². The molecule has 2 aromatic rings. The minimum Gasteiger partial charge on any atom is -0.368 e. The third kappa shape index (κ3) is 4.71. The van der Waals surface area contributed by atoms with Crippen LogP contribution in [0.4, 0.5) is 11.4 Å². The fourth-order valence-electron chi connectivity index (χ4n) is 3.85. The summed E-state index contributed by atoms with van der Waals surface area (Å²) in [5.74, 6) is -0.357. The highest BCUT2D eigenvalue weighted by molar-refractivity contribution is 6.04. The lowest BCUT2D eigenvalue weighted by atomic mass is 10.0. The largest absolute Gasteiger partial charge is 0.368 e. The maximum absolute atomic E-state index is 12.6. The molecule has 0 aromatic heterocycles. The van der Waals surface area contributed by atoms with Crippen molar-refractivity contribution in [3.8, 4) is 0 Å². The Hall–Kier alpha value is -2.82. The molecule has 0 unspecified atom stereocenters. The SMILES string of the molecule is Cc1cccc(N2CCN(C(=O)CC(=O)Nc3c(C)cc(C)cc3C)CC2)c1. The van der Waals surface area contributed by atoms with Gasteiger partial charge in [0.1, 0.15) is 6.42 Å². The molecule has 5 heteroatoms. The van der Waals surface area contributed by atoms with Crippen LogP contribution in [0, 0.1) is 27.7 Å². The first-order valence-electron chi connectivity index (χ1n) is 9.80. The molecule has 2 amide bonds. The smallest absolute Gasteiger partial charge is 0.233 e.